The van der Waals surface area contributed by atoms with Gasteiger partial charge in [-0.15, -0.1) is 11.3 Å². The summed E-state index contributed by atoms with van der Waals surface area (Å²) in [6, 6.07) is 11.1. The number of carbonyl (C=O) groups is 2. The minimum atomic E-state index is -0.0716. The molecule has 144 valence electrons. The molecule has 2 fully saturated rings. The van der Waals surface area contributed by atoms with Gasteiger partial charge in [-0.05, 0) is 47.5 Å². The fourth-order valence-electron chi connectivity index (χ4n) is 2.92. The van der Waals surface area contributed by atoms with Gasteiger partial charge >= 0.3 is 0 Å². The second-order valence-electron chi connectivity index (χ2n) is 6.34. The molecule has 0 N–H and O–H groups in total. The highest BCUT2D eigenvalue weighted by atomic mass is 32.2. The first-order valence-electron chi connectivity index (χ1n) is 8.89. The van der Waals surface area contributed by atoms with Crippen LogP contribution in [0.2, 0.25) is 0 Å². The Kier molecular flexibility index (Phi) is 5.61. The average Bonchev–Trinajstić information content (AvgIpc) is 3.33. The van der Waals surface area contributed by atoms with E-state index in [-0.39, 0.29) is 11.8 Å². The van der Waals surface area contributed by atoms with E-state index in [0.717, 1.165) is 4.88 Å². The fourth-order valence-corrected chi connectivity index (χ4v) is 4.63. The predicted molar refractivity (Wildman–Crippen MR) is 113 cm³/mol. The molecule has 6 nitrogen and oxygen atoms in total. The molecule has 3 heterocycles. The van der Waals surface area contributed by atoms with Gasteiger partial charge in [-0.2, -0.15) is 0 Å². The van der Waals surface area contributed by atoms with E-state index in [0.29, 0.717) is 47.6 Å². The molecule has 0 atom stereocenters. The third-order valence-corrected chi connectivity index (χ3v) is 6.32. The molecule has 0 aliphatic carbocycles. The molecule has 0 spiro atoms. The largest absolute Gasteiger partial charge is 0.378 e. The van der Waals surface area contributed by atoms with Crippen LogP contribution in [0.1, 0.15) is 15.2 Å². The standard InChI is InChI=1S/C20H19N3O3S2/c1-22-19(25)17(13-16-6-3-11-27-16)28-20(22)21-15-5-2-4-14(12-15)18(24)23-7-9-26-10-8-23/h2-6,11-13H,7-10H2,1H3/b17-13+,21-20?. The number of hydrogen-bond donors (Lipinski definition) is 0. The van der Waals surface area contributed by atoms with Crippen molar-refractivity contribution in [1.29, 1.82) is 0 Å². The molecule has 2 aliphatic rings. The van der Waals surface area contributed by atoms with Crippen LogP contribution >= 0.6 is 23.1 Å². The van der Waals surface area contributed by atoms with E-state index in [1.807, 2.05) is 35.7 Å². The SMILES string of the molecule is CN1C(=O)/C(=C\c2cccs2)SC1=Nc1cccc(C(=O)N2CCOCC2)c1. The quantitative estimate of drug-likeness (QED) is 0.723. The summed E-state index contributed by atoms with van der Waals surface area (Å²) in [6.07, 6.45) is 1.88. The lowest BCUT2D eigenvalue weighted by Gasteiger charge is -2.26. The van der Waals surface area contributed by atoms with Gasteiger partial charge in [-0.25, -0.2) is 4.99 Å². The molecule has 1 aromatic carbocycles. The zero-order chi connectivity index (χ0) is 19.5. The molecular weight excluding hydrogens is 394 g/mol. The van der Waals surface area contributed by atoms with Crippen molar-refractivity contribution in [3.05, 3.63) is 57.1 Å². The number of amidine groups is 1. The molecule has 0 radical (unpaired) electrons. The maximum Gasteiger partial charge on any atom is 0.266 e. The Balaban J connectivity index is 1.55. The molecule has 1 aromatic heterocycles. The first-order valence-corrected chi connectivity index (χ1v) is 10.6. The number of aliphatic imine (C=N–C) groups is 1. The average molecular weight is 414 g/mol. The van der Waals surface area contributed by atoms with Crippen molar-refractivity contribution < 1.29 is 14.3 Å². The summed E-state index contributed by atoms with van der Waals surface area (Å²) < 4.78 is 5.31. The molecule has 28 heavy (non-hydrogen) atoms. The Hall–Kier alpha value is -2.42. The van der Waals surface area contributed by atoms with E-state index in [4.69, 9.17) is 4.74 Å². The topological polar surface area (TPSA) is 62.2 Å². The van der Waals surface area contributed by atoms with Crippen LogP contribution in [0.15, 0.2) is 51.7 Å². The van der Waals surface area contributed by atoms with E-state index in [1.54, 1.807) is 40.3 Å². The zero-order valence-corrected chi connectivity index (χ0v) is 17.0. The maximum atomic E-state index is 12.7. The van der Waals surface area contributed by atoms with Crippen LogP contribution < -0.4 is 0 Å². The number of ether oxygens (including phenoxy) is 1. The third kappa shape index (κ3) is 4.04. The van der Waals surface area contributed by atoms with Crippen LogP contribution in [-0.2, 0) is 9.53 Å². The van der Waals surface area contributed by atoms with Crippen LogP contribution in [0, 0.1) is 0 Å². The number of carbonyl (C=O) groups excluding carboxylic acids is 2. The Morgan fingerprint density at radius 3 is 2.79 bits per heavy atom. The van der Waals surface area contributed by atoms with Crippen LogP contribution in [-0.4, -0.2) is 60.1 Å². The first kappa shape index (κ1) is 18.9. The highest BCUT2D eigenvalue weighted by Gasteiger charge is 2.30. The molecule has 4 rings (SSSR count). The maximum absolute atomic E-state index is 12.7. The lowest BCUT2D eigenvalue weighted by atomic mass is 10.1. The van der Waals surface area contributed by atoms with E-state index in [9.17, 15) is 9.59 Å². The van der Waals surface area contributed by atoms with Crippen molar-refractivity contribution in [2.24, 2.45) is 4.99 Å². The number of nitrogens with zero attached hydrogens (tertiary/aromatic N) is 3. The molecule has 2 aromatic rings. The van der Waals surface area contributed by atoms with Gasteiger partial charge in [0.25, 0.3) is 11.8 Å². The fraction of sp³-hybridized carbons (Fsp3) is 0.250. The van der Waals surface area contributed by atoms with Gasteiger partial charge in [0, 0.05) is 30.6 Å². The summed E-state index contributed by atoms with van der Waals surface area (Å²) in [6.45, 7) is 2.33. The number of benzene rings is 1. The number of thiophene rings is 1. The molecular formula is C20H19N3O3S2. The normalized spacial score (nSPS) is 20.4. The summed E-state index contributed by atoms with van der Waals surface area (Å²) in [5.74, 6) is -0.0927. The van der Waals surface area contributed by atoms with Gasteiger partial charge in [-0.1, -0.05) is 12.1 Å². The molecule has 0 bridgehead atoms. The smallest absolute Gasteiger partial charge is 0.266 e. The molecule has 2 aliphatic heterocycles. The van der Waals surface area contributed by atoms with Crippen molar-refractivity contribution in [1.82, 2.24) is 9.80 Å². The van der Waals surface area contributed by atoms with Crippen molar-refractivity contribution in [3.8, 4) is 0 Å². The molecule has 8 heteroatoms. The lowest BCUT2D eigenvalue weighted by Crippen LogP contribution is -2.40. The minimum Gasteiger partial charge on any atom is -0.378 e. The first-order chi connectivity index (χ1) is 13.6. The zero-order valence-electron chi connectivity index (χ0n) is 15.3. The lowest BCUT2D eigenvalue weighted by molar-refractivity contribution is -0.121. The van der Waals surface area contributed by atoms with Gasteiger partial charge in [0.1, 0.15) is 0 Å². The van der Waals surface area contributed by atoms with Gasteiger partial charge in [0.2, 0.25) is 0 Å². The number of thioether (sulfide) groups is 1. The number of likely N-dealkylation sites (N-methyl/N-ethyl adjacent to an activating group) is 1. The number of rotatable bonds is 3. The number of hydrogen-bond acceptors (Lipinski definition) is 6. The summed E-state index contributed by atoms with van der Waals surface area (Å²) in [5.41, 5.74) is 1.24. The van der Waals surface area contributed by atoms with Crippen LogP contribution in [0.4, 0.5) is 5.69 Å². The second-order valence-corrected chi connectivity index (χ2v) is 8.33. The van der Waals surface area contributed by atoms with Gasteiger partial charge in [0.15, 0.2) is 5.17 Å². The van der Waals surface area contributed by atoms with Crippen molar-refractivity contribution >= 4 is 51.8 Å². The summed E-state index contributed by atoms with van der Waals surface area (Å²) in [4.78, 5) is 34.8. The van der Waals surface area contributed by atoms with Crippen molar-refractivity contribution in [2.75, 3.05) is 33.4 Å². The Morgan fingerprint density at radius 1 is 1.21 bits per heavy atom. The minimum absolute atomic E-state index is 0.0212. The van der Waals surface area contributed by atoms with Gasteiger partial charge < -0.3 is 9.64 Å². The van der Waals surface area contributed by atoms with Gasteiger partial charge in [0.05, 0.1) is 23.8 Å². The van der Waals surface area contributed by atoms with E-state index >= 15 is 0 Å². The summed E-state index contributed by atoms with van der Waals surface area (Å²) in [5, 5.41) is 2.58. The Labute approximate surface area is 171 Å². The molecule has 0 saturated carbocycles. The molecule has 2 saturated heterocycles. The summed E-state index contributed by atoms with van der Waals surface area (Å²) in [7, 11) is 1.71. The molecule has 2 amide bonds. The third-order valence-electron chi connectivity index (χ3n) is 4.44. The van der Waals surface area contributed by atoms with E-state index in [2.05, 4.69) is 4.99 Å². The van der Waals surface area contributed by atoms with Crippen LogP contribution in [0.5, 0.6) is 0 Å². The van der Waals surface area contributed by atoms with Crippen molar-refractivity contribution in [2.45, 2.75) is 0 Å². The highest BCUT2D eigenvalue weighted by Crippen LogP contribution is 2.33. The molecule has 0 unspecified atom stereocenters. The Bertz CT molecular complexity index is 947. The van der Waals surface area contributed by atoms with E-state index < -0.39 is 0 Å². The predicted octanol–water partition coefficient (Wildman–Crippen LogP) is 3.45. The number of amides is 2. The van der Waals surface area contributed by atoms with E-state index in [1.165, 1.54) is 11.8 Å². The van der Waals surface area contributed by atoms with Crippen LogP contribution in [0.25, 0.3) is 6.08 Å². The highest BCUT2D eigenvalue weighted by molar-refractivity contribution is 8.18. The van der Waals surface area contributed by atoms with Gasteiger partial charge in [-0.3, -0.25) is 14.5 Å². The van der Waals surface area contributed by atoms with Crippen molar-refractivity contribution in [3.63, 3.8) is 0 Å². The monoisotopic (exact) mass is 413 g/mol. The second kappa shape index (κ2) is 8.30. The Morgan fingerprint density at radius 2 is 2.04 bits per heavy atom. The summed E-state index contributed by atoms with van der Waals surface area (Å²) >= 11 is 2.93. The number of morpholine rings is 1. The van der Waals surface area contributed by atoms with Crippen LogP contribution in [0.3, 0.4) is 0 Å².